The second-order valence-corrected chi connectivity index (χ2v) is 6.15. The normalized spacial score (nSPS) is 16.2. The molecule has 0 aromatic heterocycles. The minimum atomic E-state index is -0.742. The van der Waals surface area contributed by atoms with Crippen LogP contribution in [0, 0.1) is 62.7 Å². The Kier molecular flexibility index (Phi) is 14.9. The topological polar surface area (TPSA) is 64.6 Å². The van der Waals surface area contributed by atoms with Gasteiger partial charge in [0.05, 0.1) is 6.10 Å². The van der Waals surface area contributed by atoms with E-state index >= 15 is 0 Å². The van der Waals surface area contributed by atoms with Crippen molar-refractivity contribution in [2.75, 3.05) is 6.61 Å². The van der Waals surface area contributed by atoms with Crippen LogP contribution in [0.1, 0.15) is 33.6 Å². The largest absolute Gasteiger partial charge is 2.00 e. The van der Waals surface area contributed by atoms with E-state index in [1.807, 2.05) is 30.4 Å². The van der Waals surface area contributed by atoms with Gasteiger partial charge < -0.3 is 31.9 Å². The third-order valence-corrected chi connectivity index (χ3v) is 2.79. The second kappa shape index (κ2) is 14.6. The van der Waals surface area contributed by atoms with Gasteiger partial charge in [-0.15, -0.1) is 6.42 Å². The molecule has 0 radical (unpaired) electrons. The molecule has 5 nitrogen and oxygen atoms in total. The third kappa shape index (κ3) is 13.7. The van der Waals surface area contributed by atoms with E-state index in [1.165, 1.54) is 0 Å². The van der Waals surface area contributed by atoms with Crippen molar-refractivity contribution in [2.45, 2.75) is 51.4 Å². The van der Waals surface area contributed by atoms with Gasteiger partial charge in [-0.05, 0) is 33.6 Å². The molecule has 1 aliphatic carbocycles. The van der Waals surface area contributed by atoms with Crippen LogP contribution in [0.2, 0.25) is 0 Å². The monoisotopic (exact) mass is 581 g/mol. The van der Waals surface area contributed by atoms with Crippen molar-refractivity contribution < 1.29 is 50.2 Å². The SMILES string of the molecule is C#CCOC1C=CC(C[C@@H]([C-]=O)NC(=O)OC(C)(C)C)=CC1.C#C[CH2-].[U+2]. The molecule has 26 heavy (non-hydrogen) atoms. The summed E-state index contributed by atoms with van der Waals surface area (Å²) in [5.41, 5.74) is 0.327. The van der Waals surface area contributed by atoms with Crippen LogP contribution in [0.4, 0.5) is 4.79 Å². The van der Waals surface area contributed by atoms with Crippen molar-refractivity contribution in [1.29, 1.82) is 0 Å². The third-order valence-electron chi connectivity index (χ3n) is 2.79. The number of amides is 1. The fraction of sp³-hybridized carbons (Fsp3) is 0.450. The molecule has 0 saturated carbocycles. The van der Waals surface area contributed by atoms with E-state index in [2.05, 4.69) is 24.6 Å². The van der Waals surface area contributed by atoms with Crippen molar-refractivity contribution >= 4 is 12.4 Å². The van der Waals surface area contributed by atoms with E-state index < -0.39 is 17.7 Å². The summed E-state index contributed by atoms with van der Waals surface area (Å²) >= 11 is 0. The summed E-state index contributed by atoms with van der Waals surface area (Å²) in [5.74, 6) is 4.42. The zero-order valence-electron chi connectivity index (χ0n) is 15.5. The summed E-state index contributed by atoms with van der Waals surface area (Å²) < 4.78 is 10.5. The van der Waals surface area contributed by atoms with E-state index in [4.69, 9.17) is 15.9 Å². The van der Waals surface area contributed by atoms with Gasteiger partial charge in [-0.3, -0.25) is 0 Å². The first-order valence-electron chi connectivity index (χ1n) is 7.77. The summed E-state index contributed by atoms with van der Waals surface area (Å²) in [5, 5.41) is 2.50. The van der Waals surface area contributed by atoms with Crippen molar-refractivity contribution in [3.05, 3.63) is 30.7 Å². The number of carbonyl (C=O) groups is 1. The van der Waals surface area contributed by atoms with Gasteiger partial charge >= 0.3 is 37.2 Å². The summed E-state index contributed by atoms with van der Waals surface area (Å²) in [6.07, 6.45) is 17.5. The number of hydrogen-bond donors (Lipinski definition) is 1. The van der Waals surface area contributed by atoms with Crippen molar-refractivity contribution in [1.82, 2.24) is 5.32 Å². The smallest absolute Gasteiger partial charge is 0.540 e. The number of allylic oxidation sites excluding steroid dienone is 1. The number of rotatable bonds is 6. The Labute approximate surface area is 180 Å². The number of carbonyl (C=O) groups excluding carboxylic acids is 2. The number of nitrogens with one attached hydrogen (secondary N) is 1. The van der Waals surface area contributed by atoms with E-state index in [0.29, 0.717) is 12.8 Å². The van der Waals surface area contributed by atoms with Gasteiger partial charge in [0.25, 0.3) is 0 Å². The first kappa shape index (κ1) is 26.6. The van der Waals surface area contributed by atoms with Crippen LogP contribution in [0.15, 0.2) is 23.8 Å². The Morgan fingerprint density at radius 2 is 2.12 bits per heavy atom. The molecule has 0 aromatic rings. The maximum Gasteiger partial charge on any atom is 2.00 e. The summed E-state index contributed by atoms with van der Waals surface area (Å²) in [4.78, 5) is 22.6. The number of ether oxygens (including phenoxy) is 2. The Morgan fingerprint density at radius 3 is 2.54 bits per heavy atom. The predicted octanol–water partition coefficient (Wildman–Crippen LogP) is 2.74. The average molecular weight is 581 g/mol. The Balaban J connectivity index is 0. The molecule has 0 fully saturated rings. The van der Waals surface area contributed by atoms with Gasteiger partial charge in [0.1, 0.15) is 12.2 Å². The number of alkyl carbamates (subject to hydrolysis) is 1. The van der Waals surface area contributed by atoms with Crippen LogP contribution >= 0.6 is 0 Å². The van der Waals surface area contributed by atoms with E-state index in [9.17, 15) is 9.59 Å². The van der Waals surface area contributed by atoms with Crippen LogP contribution < -0.4 is 5.32 Å². The fourth-order valence-corrected chi connectivity index (χ4v) is 1.88. The molecule has 2 atom stereocenters. The van der Waals surface area contributed by atoms with Crippen molar-refractivity contribution in [2.24, 2.45) is 0 Å². The Bertz CT molecular complexity index is 576. The predicted molar refractivity (Wildman–Crippen MR) is 98.1 cm³/mol. The summed E-state index contributed by atoms with van der Waals surface area (Å²) in [6, 6.07) is -0.742. The molecule has 0 saturated heterocycles. The quantitative estimate of drug-likeness (QED) is 0.387. The first-order chi connectivity index (χ1) is 11.8. The molecule has 0 heterocycles. The maximum atomic E-state index is 11.7. The number of terminal acetylenes is 2. The first-order valence-corrected chi connectivity index (χ1v) is 7.77. The zero-order valence-corrected chi connectivity index (χ0v) is 19.7. The standard InChI is InChI=1S/C17H22NO4.C3H3.U/c1-5-10-21-15-8-6-13(7-9-15)11-14(12-19)18-16(20)22-17(2,3)4;1-3-2;/h1,6-8,14-15H,9-11H2,2-4H3,(H,18,20);1H,2H2;/q2*-1;+2/t14-,15?;;/m0../s1. The van der Waals surface area contributed by atoms with Gasteiger partial charge in [-0.2, -0.15) is 6.92 Å². The molecule has 1 amide bonds. The van der Waals surface area contributed by atoms with Crippen LogP contribution in [-0.2, 0) is 14.3 Å². The molecule has 1 aliphatic rings. The molecule has 1 unspecified atom stereocenters. The fourth-order valence-electron chi connectivity index (χ4n) is 1.88. The van der Waals surface area contributed by atoms with Crippen LogP contribution in [0.25, 0.3) is 0 Å². The minimum absolute atomic E-state index is 0. The Morgan fingerprint density at radius 1 is 1.50 bits per heavy atom. The van der Waals surface area contributed by atoms with E-state index in [1.54, 1.807) is 20.8 Å². The van der Waals surface area contributed by atoms with Crippen LogP contribution in [0.3, 0.4) is 0 Å². The Hall–Kier alpha value is -1.58. The van der Waals surface area contributed by atoms with E-state index in [0.717, 1.165) is 5.57 Å². The summed E-state index contributed by atoms with van der Waals surface area (Å²) in [7, 11) is 0. The molecular weight excluding hydrogens is 556 g/mol. The minimum Gasteiger partial charge on any atom is -0.540 e. The van der Waals surface area contributed by atoms with Crippen molar-refractivity contribution in [3.8, 4) is 24.7 Å². The number of hydrogen-bond acceptors (Lipinski definition) is 4. The molecule has 0 bridgehead atoms. The van der Waals surface area contributed by atoms with Crippen LogP contribution in [-0.4, -0.2) is 36.7 Å². The van der Waals surface area contributed by atoms with Crippen molar-refractivity contribution in [3.63, 3.8) is 0 Å². The molecule has 6 heteroatoms. The zero-order chi connectivity index (χ0) is 19.3. The molecule has 0 aromatic carbocycles. The molecule has 0 spiro atoms. The second-order valence-electron chi connectivity index (χ2n) is 6.15. The molecule has 1 N–H and O–H groups in total. The van der Waals surface area contributed by atoms with Gasteiger partial charge in [0, 0.05) is 0 Å². The summed E-state index contributed by atoms with van der Waals surface area (Å²) in [6.45, 7) is 8.56. The van der Waals surface area contributed by atoms with Gasteiger partial charge in [-0.1, -0.05) is 35.8 Å². The van der Waals surface area contributed by atoms with E-state index in [-0.39, 0.29) is 43.8 Å². The van der Waals surface area contributed by atoms with Gasteiger partial charge in [-0.25, -0.2) is 11.1 Å². The molecule has 1 rings (SSSR count). The molecule has 138 valence electrons. The maximum absolute atomic E-state index is 11.7. The molecular formula is C20H25NO4U. The molecule has 0 aliphatic heterocycles. The average Bonchev–Trinajstić information content (AvgIpc) is 2.52. The van der Waals surface area contributed by atoms with Crippen LogP contribution in [0.5, 0.6) is 0 Å². The van der Waals surface area contributed by atoms with Gasteiger partial charge in [0.2, 0.25) is 0 Å². The van der Waals surface area contributed by atoms with Gasteiger partial charge in [0.15, 0.2) is 0 Å².